The smallest absolute Gasteiger partial charge is 0.309 e. The Balaban J connectivity index is 1.44. The second-order valence-electron chi connectivity index (χ2n) is 5.38. The first-order valence-electron chi connectivity index (χ1n) is 7.89. The molecule has 0 spiro atoms. The van der Waals surface area contributed by atoms with E-state index in [0.717, 1.165) is 11.3 Å². The number of hydrogen-bond donors (Lipinski definition) is 2. The van der Waals surface area contributed by atoms with Gasteiger partial charge in [-0.25, -0.2) is 4.98 Å². The fourth-order valence-corrected chi connectivity index (χ4v) is 3.06. The molecule has 0 amide bonds. The van der Waals surface area contributed by atoms with Crippen LogP contribution in [0.1, 0.15) is 5.69 Å². The van der Waals surface area contributed by atoms with Crippen molar-refractivity contribution in [3.8, 4) is 16.9 Å². The molecular weight excluding hydrogens is 336 g/mol. The summed E-state index contributed by atoms with van der Waals surface area (Å²) in [5, 5.41) is 14.3. The second-order valence-corrected chi connectivity index (χ2v) is 6.24. The Bertz CT molecular complexity index is 816. The summed E-state index contributed by atoms with van der Waals surface area (Å²) in [5.41, 5.74) is 2.90. The number of aliphatic carboxylic acids is 1. The molecule has 0 bridgehead atoms. The van der Waals surface area contributed by atoms with Crippen molar-refractivity contribution in [2.24, 2.45) is 0 Å². The van der Waals surface area contributed by atoms with E-state index in [-0.39, 0.29) is 6.42 Å². The lowest BCUT2D eigenvalue weighted by atomic mass is 10.1. The van der Waals surface area contributed by atoms with Crippen LogP contribution in [-0.2, 0) is 11.2 Å². The van der Waals surface area contributed by atoms with Crippen molar-refractivity contribution in [2.75, 3.05) is 18.5 Å². The third-order valence-electron chi connectivity index (χ3n) is 3.49. The molecule has 1 aromatic heterocycles. The minimum atomic E-state index is -0.876. The lowest BCUT2D eigenvalue weighted by molar-refractivity contribution is -0.136. The highest BCUT2D eigenvalue weighted by Crippen LogP contribution is 2.22. The van der Waals surface area contributed by atoms with Gasteiger partial charge in [0, 0.05) is 5.38 Å². The van der Waals surface area contributed by atoms with Crippen LogP contribution >= 0.6 is 11.3 Å². The summed E-state index contributed by atoms with van der Waals surface area (Å²) in [7, 11) is 0. The number of ether oxygens (including phenoxy) is 1. The molecule has 5 nitrogen and oxygen atoms in total. The van der Waals surface area contributed by atoms with E-state index in [1.807, 2.05) is 42.5 Å². The summed E-state index contributed by atoms with van der Waals surface area (Å²) >= 11 is 1.40. The molecule has 0 radical (unpaired) electrons. The number of nitrogens with one attached hydrogen (secondary N) is 1. The van der Waals surface area contributed by atoms with Crippen molar-refractivity contribution in [3.63, 3.8) is 0 Å². The van der Waals surface area contributed by atoms with Gasteiger partial charge in [-0.15, -0.1) is 11.3 Å². The van der Waals surface area contributed by atoms with Gasteiger partial charge in [-0.3, -0.25) is 4.79 Å². The molecule has 6 heteroatoms. The number of hydrogen-bond acceptors (Lipinski definition) is 5. The molecule has 1 heterocycles. The number of carboxylic acids is 1. The lowest BCUT2D eigenvalue weighted by Gasteiger charge is -2.08. The zero-order valence-electron chi connectivity index (χ0n) is 13.5. The topological polar surface area (TPSA) is 71.5 Å². The Hall–Kier alpha value is -2.86. The van der Waals surface area contributed by atoms with Gasteiger partial charge < -0.3 is 15.2 Å². The van der Waals surface area contributed by atoms with E-state index in [1.165, 1.54) is 16.9 Å². The van der Waals surface area contributed by atoms with Crippen molar-refractivity contribution in [1.82, 2.24) is 4.98 Å². The highest BCUT2D eigenvalue weighted by molar-refractivity contribution is 7.13. The van der Waals surface area contributed by atoms with Gasteiger partial charge in [0.1, 0.15) is 12.4 Å². The highest BCUT2D eigenvalue weighted by Gasteiger charge is 2.05. The Labute approximate surface area is 149 Å². The van der Waals surface area contributed by atoms with Crippen LogP contribution in [0.4, 0.5) is 5.13 Å². The zero-order valence-corrected chi connectivity index (χ0v) is 14.3. The number of carboxylic acid groups (broad SMARTS) is 1. The molecule has 0 aliphatic rings. The second kappa shape index (κ2) is 8.30. The fourth-order valence-electron chi connectivity index (χ4n) is 2.33. The average Bonchev–Trinajstić information content (AvgIpc) is 3.06. The van der Waals surface area contributed by atoms with Crippen LogP contribution < -0.4 is 10.1 Å². The van der Waals surface area contributed by atoms with Crippen molar-refractivity contribution in [2.45, 2.75) is 6.42 Å². The lowest BCUT2D eigenvalue weighted by Crippen LogP contribution is -2.11. The predicted octanol–water partition coefficient (Wildman–Crippen LogP) is 3.93. The SMILES string of the molecule is O=C(O)Cc1csc(NCCOc2ccc(-c3ccccc3)cc2)n1. The Kier molecular flexibility index (Phi) is 5.64. The van der Waals surface area contributed by atoms with Gasteiger partial charge in [-0.1, -0.05) is 42.5 Å². The van der Waals surface area contributed by atoms with Crippen molar-refractivity contribution in [3.05, 3.63) is 65.7 Å². The summed E-state index contributed by atoms with van der Waals surface area (Å²) in [6.45, 7) is 1.10. The third kappa shape index (κ3) is 5.06. The Morgan fingerprint density at radius 1 is 1.08 bits per heavy atom. The number of aromatic nitrogens is 1. The van der Waals surface area contributed by atoms with Crippen LogP contribution in [0.3, 0.4) is 0 Å². The molecule has 2 aromatic carbocycles. The first-order chi connectivity index (χ1) is 12.2. The number of carbonyl (C=O) groups is 1. The van der Waals surface area contributed by atoms with Gasteiger partial charge in [0.05, 0.1) is 18.7 Å². The molecule has 0 aliphatic heterocycles. The zero-order chi connectivity index (χ0) is 17.5. The molecule has 3 aromatic rings. The highest BCUT2D eigenvalue weighted by atomic mass is 32.1. The largest absolute Gasteiger partial charge is 0.492 e. The molecule has 0 unspecified atom stereocenters. The molecule has 128 valence electrons. The van der Waals surface area contributed by atoms with E-state index >= 15 is 0 Å². The molecule has 0 fully saturated rings. The quantitative estimate of drug-likeness (QED) is 0.600. The van der Waals surface area contributed by atoms with Crippen molar-refractivity contribution >= 4 is 22.4 Å². The summed E-state index contributed by atoms with van der Waals surface area (Å²) in [5.74, 6) is -0.0636. The van der Waals surface area contributed by atoms with Crippen LogP contribution in [-0.4, -0.2) is 29.2 Å². The van der Waals surface area contributed by atoms with Gasteiger partial charge in [-0.05, 0) is 23.3 Å². The predicted molar refractivity (Wildman–Crippen MR) is 99.3 cm³/mol. The molecule has 25 heavy (non-hydrogen) atoms. The number of thiazole rings is 1. The van der Waals surface area contributed by atoms with E-state index in [0.29, 0.717) is 24.0 Å². The molecule has 0 saturated heterocycles. The van der Waals surface area contributed by atoms with Crippen LogP contribution in [0.25, 0.3) is 11.1 Å². The van der Waals surface area contributed by atoms with Gasteiger partial charge in [-0.2, -0.15) is 0 Å². The Morgan fingerprint density at radius 3 is 2.52 bits per heavy atom. The maximum absolute atomic E-state index is 10.6. The van der Waals surface area contributed by atoms with Crippen molar-refractivity contribution in [1.29, 1.82) is 0 Å². The molecule has 0 saturated carbocycles. The van der Waals surface area contributed by atoms with E-state index in [4.69, 9.17) is 9.84 Å². The van der Waals surface area contributed by atoms with E-state index in [1.54, 1.807) is 5.38 Å². The minimum absolute atomic E-state index is 0.0531. The minimum Gasteiger partial charge on any atom is -0.492 e. The summed E-state index contributed by atoms with van der Waals surface area (Å²) < 4.78 is 5.71. The standard InChI is InChI=1S/C19H18N2O3S/c22-18(23)12-16-13-25-19(21-16)20-10-11-24-17-8-6-15(7-9-17)14-4-2-1-3-5-14/h1-9,13H,10-12H2,(H,20,21)(H,22,23). The molecular formula is C19H18N2O3S. The molecule has 2 N–H and O–H groups in total. The van der Waals surface area contributed by atoms with Crippen molar-refractivity contribution < 1.29 is 14.6 Å². The number of rotatable bonds is 8. The summed E-state index contributed by atoms with van der Waals surface area (Å²) in [6, 6.07) is 18.2. The molecule has 0 atom stereocenters. The van der Waals surface area contributed by atoms with Gasteiger partial charge in [0.2, 0.25) is 0 Å². The van der Waals surface area contributed by atoms with E-state index in [9.17, 15) is 4.79 Å². The van der Waals surface area contributed by atoms with Crippen LogP contribution in [0.5, 0.6) is 5.75 Å². The number of anilines is 1. The van der Waals surface area contributed by atoms with Gasteiger partial charge in [0.15, 0.2) is 5.13 Å². The first-order valence-corrected chi connectivity index (χ1v) is 8.77. The maximum atomic E-state index is 10.6. The van der Waals surface area contributed by atoms with Crippen LogP contribution in [0, 0.1) is 0 Å². The average molecular weight is 354 g/mol. The van der Waals surface area contributed by atoms with E-state index < -0.39 is 5.97 Å². The monoisotopic (exact) mass is 354 g/mol. The first kappa shape index (κ1) is 17.0. The normalized spacial score (nSPS) is 10.4. The molecule has 3 rings (SSSR count). The number of nitrogens with zero attached hydrogens (tertiary/aromatic N) is 1. The Morgan fingerprint density at radius 2 is 1.80 bits per heavy atom. The van der Waals surface area contributed by atoms with E-state index in [2.05, 4.69) is 22.4 Å². The maximum Gasteiger partial charge on any atom is 0.309 e. The van der Waals surface area contributed by atoms with Crippen LogP contribution in [0.2, 0.25) is 0 Å². The number of benzene rings is 2. The summed E-state index contributed by atoms with van der Waals surface area (Å²) in [4.78, 5) is 14.8. The van der Waals surface area contributed by atoms with Gasteiger partial charge >= 0.3 is 5.97 Å². The molecule has 0 aliphatic carbocycles. The third-order valence-corrected chi connectivity index (χ3v) is 4.34. The van der Waals surface area contributed by atoms with Crippen LogP contribution in [0.15, 0.2) is 60.0 Å². The summed E-state index contributed by atoms with van der Waals surface area (Å²) in [6.07, 6.45) is -0.0531. The fraction of sp³-hybridized carbons (Fsp3) is 0.158. The van der Waals surface area contributed by atoms with Gasteiger partial charge in [0.25, 0.3) is 0 Å².